The number of para-hydroxylation sites is 1. The van der Waals surface area contributed by atoms with E-state index < -0.39 is 29.8 Å². The maximum Gasteiger partial charge on any atom is 0.507 e. The first-order valence-corrected chi connectivity index (χ1v) is 7.70. The summed E-state index contributed by atoms with van der Waals surface area (Å²) in [5.74, 6) is -1.38. The molecule has 0 spiro atoms. The van der Waals surface area contributed by atoms with E-state index in [1.165, 1.54) is 24.3 Å². The zero-order valence-corrected chi connectivity index (χ0v) is 13.8. The van der Waals surface area contributed by atoms with Crippen LogP contribution in [0.3, 0.4) is 0 Å². The molecule has 0 unspecified atom stereocenters. The lowest BCUT2D eigenvalue weighted by molar-refractivity contribution is -0.391. The third kappa shape index (κ3) is 3.90. The summed E-state index contributed by atoms with van der Waals surface area (Å²) in [7, 11) is 0. The number of ether oxygens (including phenoxy) is 2. The molecule has 4 nitrogen and oxygen atoms in total. The van der Waals surface area contributed by atoms with Gasteiger partial charge in [0.25, 0.3) is 0 Å². The number of halogens is 6. The van der Waals surface area contributed by atoms with E-state index in [2.05, 4.69) is 9.47 Å². The van der Waals surface area contributed by atoms with Gasteiger partial charge in [-0.15, -0.1) is 0 Å². The Kier molecular flexibility index (Phi) is 4.74. The van der Waals surface area contributed by atoms with Crippen LogP contribution in [-0.2, 0) is 0 Å². The molecule has 0 radical (unpaired) electrons. The molecule has 3 rings (SSSR count). The molecule has 1 aliphatic heterocycles. The van der Waals surface area contributed by atoms with Gasteiger partial charge in [0, 0.05) is 17.3 Å². The van der Waals surface area contributed by atoms with Crippen molar-refractivity contribution in [2.75, 3.05) is 5.32 Å². The highest BCUT2D eigenvalue weighted by Gasteiger charge is 2.65. The Balaban J connectivity index is 1.80. The quantitative estimate of drug-likeness (QED) is 0.425. The molecule has 0 bridgehead atoms. The maximum absolute atomic E-state index is 14.1. The number of aldehydes is 1. The van der Waals surface area contributed by atoms with E-state index in [0.29, 0.717) is 12.4 Å². The van der Waals surface area contributed by atoms with Gasteiger partial charge >= 0.3 is 18.3 Å². The molecule has 1 heterocycles. The summed E-state index contributed by atoms with van der Waals surface area (Å²) in [5, 5.41) is 1.87. The summed E-state index contributed by atoms with van der Waals surface area (Å²) in [6.45, 7) is 0. The third-order valence-electron chi connectivity index (χ3n) is 3.66. The number of benzene rings is 2. The van der Waals surface area contributed by atoms with E-state index in [-0.39, 0.29) is 16.8 Å². The number of hydrogen-bond acceptors (Lipinski definition) is 4. The Labute approximate surface area is 154 Å². The number of fused-ring (bicyclic) bond motifs is 1. The lowest BCUT2D eigenvalue weighted by Crippen LogP contribution is -2.52. The zero-order chi connectivity index (χ0) is 20.6. The van der Waals surface area contributed by atoms with Crippen molar-refractivity contribution in [1.29, 1.82) is 0 Å². The van der Waals surface area contributed by atoms with E-state index in [1.807, 2.05) is 5.32 Å². The SMILES string of the molecule is O=Cc1ccccc1NC(F)(F)/C=C/c1ccc2c(c1)OC(F)(F)C(F)(F)O2. The molecular formula is C18H11F6NO3. The molecule has 0 aromatic heterocycles. The number of nitrogens with one attached hydrogen (secondary N) is 1. The van der Waals surface area contributed by atoms with Gasteiger partial charge in [-0.3, -0.25) is 4.79 Å². The van der Waals surface area contributed by atoms with E-state index in [1.54, 1.807) is 0 Å². The fraction of sp³-hybridized carbons (Fsp3) is 0.167. The predicted octanol–water partition coefficient (Wildman–Crippen LogP) is 5.17. The van der Waals surface area contributed by atoms with Gasteiger partial charge in [-0.1, -0.05) is 24.3 Å². The highest BCUT2D eigenvalue weighted by atomic mass is 19.3. The monoisotopic (exact) mass is 403 g/mol. The second-order valence-corrected chi connectivity index (χ2v) is 5.73. The van der Waals surface area contributed by atoms with Gasteiger partial charge in [0.05, 0.1) is 0 Å². The second-order valence-electron chi connectivity index (χ2n) is 5.73. The van der Waals surface area contributed by atoms with Gasteiger partial charge in [0.1, 0.15) is 0 Å². The van der Waals surface area contributed by atoms with Crippen LogP contribution >= 0.6 is 0 Å². The highest BCUT2D eigenvalue weighted by Crippen LogP contribution is 2.47. The number of anilines is 1. The van der Waals surface area contributed by atoms with Crippen molar-refractivity contribution in [2.24, 2.45) is 0 Å². The molecule has 0 saturated heterocycles. The first-order valence-electron chi connectivity index (χ1n) is 7.70. The molecule has 10 heteroatoms. The van der Waals surface area contributed by atoms with Crippen LogP contribution in [0.5, 0.6) is 11.5 Å². The third-order valence-corrected chi connectivity index (χ3v) is 3.66. The maximum atomic E-state index is 14.1. The lowest BCUT2D eigenvalue weighted by Gasteiger charge is -2.31. The van der Waals surface area contributed by atoms with Gasteiger partial charge in [-0.05, 0) is 29.8 Å². The number of carbonyl (C=O) groups excluding carboxylic acids is 1. The second kappa shape index (κ2) is 6.77. The van der Waals surface area contributed by atoms with Crippen LogP contribution in [0.1, 0.15) is 15.9 Å². The Morgan fingerprint density at radius 1 is 0.929 bits per heavy atom. The summed E-state index contributed by atoms with van der Waals surface area (Å²) in [4.78, 5) is 10.9. The van der Waals surface area contributed by atoms with Crippen LogP contribution in [-0.4, -0.2) is 24.5 Å². The molecule has 1 N–H and O–H groups in total. The van der Waals surface area contributed by atoms with Crippen molar-refractivity contribution in [3.05, 3.63) is 59.7 Å². The van der Waals surface area contributed by atoms with Gasteiger partial charge in [0.15, 0.2) is 17.8 Å². The Morgan fingerprint density at radius 3 is 2.25 bits per heavy atom. The molecule has 148 valence electrons. The van der Waals surface area contributed by atoms with Crippen molar-refractivity contribution in [3.63, 3.8) is 0 Å². The average Bonchev–Trinajstić information content (AvgIpc) is 2.61. The topological polar surface area (TPSA) is 47.6 Å². The predicted molar refractivity (Wildman–Crippen MR) is 87.0 cm³/mol. The van der Waals surface area contributed by atoms with Crippen LogP contribution < -0.4 is 14.8 Å². The lowest BCUT2D eigenvalue weighted by atomic mass is 10.1. The van der Waals surface area contributed by atoms with Crippen molar-refractivity contribution in [2.45, 2.75) is 18.3 Å². The Morgan fingerprint density at radius 2 is 1.57 bits per heavy atom. The van der Waals surface area contributed by atoms with E-state index in [4.69, 9.17) is 0 Å². The minimum Gasteiger partial charge on any atom is -0.421 e. The minimum absolute atomic E-state index is 0.0121. The largest absolute Gasteiger partial charge is 0.507 e. The van der Waals surface area contributed by atoms with Gasteiger partial charge in [-0.2, -0.15) is 26.3 Å². The Hall–Kier alpha value is -3.17. The molecule has 2 aromatic rings. The summed E-state index contributed by atoms with van der Waals surface area (Å²) in [6.07, 6.45) is -8.09. The van der Waals surface area contributed by atoms with Gasteiger partial charge < -0.3 is 14.8 Å². The van der Waals surface area contributed by atoms with Crippen LogP contribution in [0.25, 0.3) is 6.08 Å². The average molecular weight is 403 g/mol. The molecule has 0 fully saturated rings. The molecule has 28 heavy (non-hydrogen) atoms. The van der Waals surface area contributed by atoms with Crippen LogP contribution in [0.4, 0.5) is 32.0 Å². The van der Waals surface area contributed by atoms with Crippen LogP contribution in [0.15, 0.2) is 48.5 Å². The summed E-state index contributed by atoms with van der Waals surface area (Å²) in [6, 6.07) is 4.81. The van der Waals surface area contributed by atoms with Gasteiger partial charge in [-0.25, -0.2) is 0 Å². The molecule has 2 aromatic carbocycles. The van der Waals surface area contributed by atoms with E-state index in [9.17, 15) is 31.1 Å². The van der Waals surface area contributed by atoms with Gasteiger partial charge in [0.2, 0.25) is 0 Å². The molecular weight excluding hydrogens is 392 g/mol. The smallest absolute Gasteiger partial charge is 0.421 e. The van der Waals surface area contributed by atoms with Crippen LogP contribution in [0.2, 0.25) is 0 Å². The Bertz CT molecular complexity index is 929. The number of alkyl halides is 6. The number of rotatable bonds is 5. The van der Waals surface area contributed by atoms with E-state index in [0.717, 1.165) is 24.3 Å². The first-order chi connectivity index (χ1) is 13.0. The normalized spacial score (nSPS) is 17.4. The molecule has 0 atom stereocenters. The zero-order valence-electron chi connectivity index (χ0n) is 13.8. The fourth-order valence-corrected chi connectivity index (χ4v) is 2.32. The van der Waals surface area contributed by atoms with E-state index >= 15 is 0 Å². The highest BCUT2D eigenvalue weighted by molar-refractivity contribution is 5.84. The van der Waals surface area contributed by atoms with Crippen molar-refractivity contribution in [1.82, 2.24) is 0 Å². The van der Waals surface area contributed by atoms with Crippen LogP contribution in [0, 0.1) is 0 Å². The standard InChI is InChI=1S/C18H11F6NO3/c19-16(20,25-13-4-2-1-3-12(13)10-26)8-7-11-5-6-14-15(9-11)28-18(23,24)17(21,22)27-14/h1-10,25H/b8-7+. The molecule has 0 aliphatic carbocycles. The summed E-state index contributed by atoms with van der Waals surface area (Å²) in [5.41, 5.74) is -0.136. The molecule has 0 amide bonds. The molecule has 0 saturated carbocycles. The molecule has 1 aliphatic rings. The van der Waals surface area contributed by atoms with Crippen molar-refractivity contribution >= 4 is 18.0 Å². The summed E-state index contributed by atoms with van der Waals surface area (Å²) >= 11 is 0. The first kappa shape index (κ1) is 19.6. The summed E-state index contributed by atoms with van der Waals surface area (Å²) < 4.78 is 88.6. The van der Waals surface area contributed by atoms with Crippen molar-refractivity contribution in [3.8, 4) is 11.5 Å². The fourth-order valence-electron chi connectivity index (χ4n) is 2.32. The van der Waals surface area contributed by atoms with Crippen molar-refractivity contribution < 1.29 is 40.6 Å². The minimum atomic E-state index is -4.91. The number of carbonyl (C=O) groups is 1. The number of hydrogen-bond donors (Lipinski definition) is 1.